The van der Waals surface area contributed by atoms with Crippen molar-refractivity contribution in [2.24, 2.45) is 0 Å². The Kier molecular flexibility index (Phi) is 4.65. The minimum absolute atomic E-state index is 0.413. The molecule has 1 fully saturated rings. The molecule has 2 heterocycles. The molecule has 0 saturated carbocycles. The monoisotopic (exact) mass is 297 g/mol. The number of aromatic nitrogens is 1. The highest BCUT2D eigenvalue weighted by atomic mass is 32.1. The average Bonchev–Trinajstić information content (AvgIpc) is 2.88. The molecule has 2 rings (SSSR count). The van der Waals surface area contributed by atoms with E-state index in [1.165, 1.54) is 24.3 Å². The summed E-state index contributed by atoms with van der Waals surface area (Å²) in [4.78, 5) is 18.1. The van der Waals surface area contributed by atoms with E-state index in [0.29, 0.717) is 11.7 Å². The third-order valence-corrected chi connectivity index (χ3v) is 4.73. The van der Waals surface area contributed by atoms with Gasteiger partial charge in [-0.1, -0.05) is 6.92 Å². The zero-order valence-corrected chi connectivity index (χ0v) is 13.2. The van der Waals surface area contributed by atoms with Crippen molar-refractivity contribution in [3.63, 3.8) is 0 Å². The van der Waals surface area contributed by atoms with Crippen LogP contribution >= 0.6 is 11.3 Å². The molecule has 5 nitrogen and oxygen atoms in total. The molecular weight excluding hydrogens is 274 g/mol. The highest BCUT2D eigenvalue weighted by Crippen LogP contribution is 2.28. The van der Waals surface area contributed by atoms with Gasteiger partial charge in [0.15, 0.2) is 5.13 Å². The topological polar surface area (TPSA) is 65.5 Å². The summed E-state index contributed by atoms with van der Waals surface area (Å²) < 4.78 is 0. The summed E-state index contributed by atoms with van der Waals surface area (Å²) in [5.41, 5.74) is -0.306. The molecular formula is C14H23N3O2S. The maximum atomic E-state index is 11.2. The van der Waals surface area contributed by atoms with E-state index < -0.39 is 11.4 Å². The summed E-state index contributed by atoms with van der Waals surface area (Å²) in [6.45, 7) is 8.84. The summed E-state index contributed by atoms with van der Waals surface area (Å²) in [6.07, 6.45) is 2.35. The fourth-order valence-corrected chi connectivity index (χ4v) is 3.33. The number of hydrogen-bond donors (Lipinski definition) is 2. The Morgan fingerprint density at radius 2 is 2.40 bits per heavy atom. The first-order chi connectivity index (χ1) is 9.43. The van der Waals surface area contributed by atoms with Gasteiger partial charge in [0.25, 0.3) is 0 Å². The van der Waals surface area contributed by atoms with Crippen LogP contribution in [0.1, 0.15) is 39.3 Å². The van der Waals surface area contributed by atoms with Crippen LogP contribution in [0.4, 0.5) is 5.13 Å². The first kappa shape index (κ1) is 15.3. The van der Waals surface area contributed by atoms with Gasteiger partial charge in [-0.2, -0.15) is 0 Å². The minimum Gasteiger partial charge on any atom is -0.481 e. The number of rotatable bonds is 5. The summed E-state index contributed by atoms with van der Waals surface area (Å²) in [7, 11) is 0. The molecule has 1 aliphatic rings. The molecule has 0 amide bonds. The lowest BCUT2D eigenvalue weighted by atomic mass is 9.90. The normalized spacial score (nSPS) is 20.9. The molecule has 0 aromatic carbocycles. The van der Waals surface area contributed by atoms with Gasteiger partial charge in [-0.25, -0.2) is 4.98 Å². The van der Waals surface area contributed by atoms with Crippen LogP contribution < -0.4 is 5.32 Å². The number of aliphatic carboxylic acids is 1. The first-order valence-corrected chi connectivity index (χ1v) is 7.99. The molecule has 0 bridgehead atoms. The molecule has 2 N–H and O–H groups in total. The number of nitrogens with one attached hydrogen (secondary N) is 1. The Morgan fingerprint density at radius 3 is 3.05 bits per heavy atom. The first-order valence-electron chi connectivity index (χ1n) is 7.11. The van der Waals surface area contributed by atoms with Gasteiger partial charge in [-0.3, -0.25) is 4.79 Å². The van der Waals surface area contributed by atoms with Crippen molar-refractivity contribution >= 4 is 22.4 Å². The second kappa shape index (κ2) is 6.10. The Labute approximate surface area is 124 Å². The van der Waals surface area contributed by atoms with Crippen molar-refractivity contribution in [2.45, 2.75) is 45.1 Å². The van der Waals surface area contributed by atoms with Gasteiger partial charge >= 0.3 is 5.97 Å². The number of anilines is 1. The van der Waals surface area contributed by atoms with Gasteiger partial charge in [0.2, 0.25) is 0 Å². The average molecular weight is 297 g/mol. The maximum Gasteiger partial charge on any atom is 0.315 e. The van der Waals surface area contributed by atoms with E-state index in [1.54, 1.807) is 13.8 Å². The summed E-state index contributed by atoms with van der Waals surface area (Å²) in [6, 6.07) is 0.413. The van der Waals surface area contributed by atoms with E-state index in [-0.39, 0.29) is 0 Å². The second-order valence-corrected chi connectivity index (χ2v) is 6.70. The molecule has 0 spiro atoms. The number of carboxylic acids is 1. The Morgan fingerprint density at radius 1 is 1.65 bits per heavy atom. The number of likely N-dealkylation sites (N-methyl/N-ethyl adjacent to an activating group) is 1. The smallest absolute Gasteiger partial charge is 0.315 e. The van der Waals surface area contributed by atoms with Crippen LogP contribution in [0.25, 0.3) is 0 Å². The van der Waals surface area contributed by atoms with Crippen LogP contribution in [0.3, 0.4) is 0 Å². The number of carbonyl (C=O) groups is 1. The van der Waals surface area contributed by atoms with E-state index in [9.17, 15) is 9.90 Å². The molecule has 1 aliphatic heterocycles. The molecule has 1 atom stereocenters. The predicted molar refractivity (Wildman–Crippen MR) is 81.5 cm³/mol. The Hall–Kier alpha value is -1.14. The maximum absolute atomic E-state index is 11.2. The second-order valence-electron chi connectivity index (χ2n) is 5.84. The standard InChI is InChI=1S/C14H23N3O2S/c1-4-17-7-5-6-10(8-17)15-13-16-11(9-20-13)14(2,3)12(18)19/h9-10H,4-8H2,1-3H3,(H,15,16)(H,18,19). The van der Waals surface area contributed by atoms with Crippen molar-refractivity contribution in [1.29, 1.82) is 0 Å². The van der Waals surface area contributed by atoms with E-state index in [0.717, 1.165) is 24.6 Å². The van der Waals surface area contributed by atoms with Crippen LogP contribution in [0.15, 0.2) is 5.38 Å². The zero-order valence-electron chi connectivity index (χ0n) is 12.3. The fraction of sp³-hybridized carbons (Fsp3) is 0.714. The third-order valence-electron chi connectivity index (χ3n) is 3.96. The summed E-state index contributed by atoms with van der Waals surface area (Å²) >= 11 is 1.49. The summed E-state index contributed by atoms with van der Waals surface area (Å²) in [5, 5.41) is 15.4. The van der Waals surface area contributed by atoms with Crippen molar-refractivity contribution < 1.29 is 9.90 Å². The SMILES string of the molecule is CCN1CCCC(Nc2nc(C(C)(C)C(=O)O)cs2)C1. The van der Waals surface area contributed by atoms with Gasteiger partial charge in [0.1, 0.15) is 5.41 Å². The number of thiazole rings is 1. The van der Waals surface area contributed by atoms with Crippen LogP contribution in [0.2, 0.25) is 0 Å². The Bertz CT molecular complexity index is 473. The lowest BCUT2D eigenvalue weighted by molar-refractivity contribution is -0.142. The molecule has 1 saturated heterocycles. The van der Waals surface area contributed by atoms with Crippen molar-refractivity contribution in [3.05, 3.63) is 11.1 Å². The molecule has 1 unspecified atom stereocenters. The van der Waals surface area contributed by atoms with Crippen LogP contribution in [0, 0.1) is 0 Å². The summed E-state index contributed by atoms with van der Waals surface area (Å²) in [5.74, 6) is -0.843. The largest absolute Gasteiger partial charge is 0.481 e. The molecule has 0 aliphatic carbocycles. The molecule has 112 valence electrons. The molecule has 20 heavy (non-hydrogen) atoms. The third kappa shape index (κ3) is 3.30. The van der Waals surface area contributed by atoms with E-state index in [2.05, 4.69) is 22.1 Å². The van der Waals surface area contributed by atoms with Gasteiger partial charge in [-0.05, 0) is 39.8 Å². The number of nitrogens with zero attached hydrogens (tertiary/aromatic N) is 2. The predicted octanol–water partition coefficient (Wildman–Crippen LogP) is 2.40. The number of likely N-dealkylation sites (tertiary alicyclic amines) is 1. The van der Waals surface area contributed by atoms with Gasteiger partial charge < -0.3 is 15.3 Å². The molecule has 1 aromatic heterocycles. The van der Waals surface area contributed by atoms with E-state index in [1.807, 2.05) is 5.38 Å². The number of piperidine rings is 1. The van der Waals surface area contributed by atoms with E-state index in [4.69, 9.17) is 0 Å². The molecule has 6 heteroatoms. The van der Waals surface area contributed by atoms with E-state index >= 15 is 0 Å². The zero-order chi connectivity index (χ0) is 14.8. The Balaban J connectivity index is 2.01. The minimum atomic E-state index is -0.932. The van der Waals surface area contributed by atoms with Crippen LogP contribution in [0.5, 0.6) is 0 Å². The number of carboxylic acid groups (broad SMARTS) is 1. The highest BCUT2D eigenvalue weighted by molar-refractivity contribution is 7.13. The van der Waals surface area contributed by atoms with Gasteiger partial charge in [0.05, 0.1) is 5.69 Å². The van der Waals surface area contributed by atoms with Crippen LogP contribution in [-0.2, 0) is 10.2 Å². The van der Waals surface area contributed by atoms with Crippen LogP contribution in [-0.4, -0.2) is 46.6 Å². The lowest BCUT2D eigenvalue weighted by Crippen LogP contribution is -2.41. The van der Waals surface area contributed by atoms with Crippen molar-refractivity contribution in [2.75, 3.05) is 25.0 Å². The highest BCUT2D eigenvalue weighted by Gasteiger charge is 2.32. The molecule has 1 aromatic rings. The van der Waals surface area contributed by atoms with Crippen molar-refractivity contribution in [1.82, 2.24) is 9.88 Å². The van der Waals surface area contributed by atoms with Gasteiger partial charge in [0, 0.05) is 18.0 Å². The lowest BCUT2D eigenvalue weighted by Gasteiger charge is -2.32. The quantitative estimate of drug-likeness (QED) is 0.873. The molecule has 0 radical (unpaired) electrons. The number of hydrogen-bond acceptors (Lipinski definition) is 5. The van der Waals surface area contributed by atoms with Crippen molar-refractivity contribution in [3.8, 4) is 0 Å². The van der Waals surface area contributed by atoms with Gasteiger partial charge in [-0.15, -0.1) is 11.3 Å². The fourth-order valence-electron chi connectivity index (χ4n) is 2.37.